The number of carboxylic acids is 2. The van der Waals surface area contributed by atoms with Crippen molar-refractivity contribution in [3.63, 3.8) is 0 Å². The van der Waals surface area contributed by atoms with Crippen LogP contribution >= 0.6 is 0 Å². The molecule has 0 atom stereocenters. The van der Waals surface area contributed by atoms with E-state index in [9.17, 15) is 49.8 Å². The maximum Gasteiger partial charge on any atom is 0.339 e. The number of rotatable bonds is 8. The van der Waals surface area contributed by atoms with Crippen LogP contribution in [-0.4, -0.2) is 74.6 Å². The first-order valence-electron chi connectivity index (χ1n) is 15.0. The van der Waals surface area contributed by atoms with Gasteiger partial charge in [-0.15, -0.1) is 0 Å². The molecule has 6 rings (SSSR count). The van der Waals surface area contributed by atoms with Crippen LogP contribution in [0.25, 0.3) is 21.8 Å². The van der Waals surface area contributed by atoms with Crippen molar-refractivity contribution >= 4 is 45.6 Å². The fourth-order valence-electron chi connectivity index (χ4n) is 4.88. The molecular weight excluding hydrogens is 680 g/mol. The zero-order valence-electron chi connectivity index (χ0n) is 26.6. The second-order valence-electron chi connectivity index (χ2n) is 11.0. The Morgan fingerprint density at radius 1 is 0.519 bits per heavy atom. The Balaban J connectivity index is 0.000000201. The molecule has 52 heavy (non-hydrogen) atoms. The number of aromatic hydroxyl groups is 6. The van der Waals surface area contributed by atoms with Gasteiger partial charge in [0.1, 0.15) is 33.5 Å². The third-order valence-corrected chi connectivity index (χ3v) is 7.63. The summed E-state index contributed by atoms with van der Waals surface area (Å²) in [6.45, 7) is 0.0213. The van der Waals surface area contributed by atoms with Crippen molar-refractivity contribution in [3.05, 3.63) is 119 Å². The van der Waals surface area contributed by atoms with Crippen molar-refractivity contribution in [1.29, 1.82) is 0 Å². The first kappa shape index (κ1) is 35.7. The minimum absolute atomic E-state index is 0.00154. The molecule has 0 aliphatic rings. The average molecular weight is 709 g/mol. The summed E-state index contributed by atoms with van der Waals surface area (Å²) < 4.78 is 0. The van der Waals surface area contributed by atoms with E-state index in [1.165, 1.54) is 78.9 Å². The zero-order chi connectivity index (χ0) is 37.7. The third kappa shape index (κ3) is 7.65. The number of phenols is 6. The van der Waals surface area contributed by atoms with E-state index in [1.54, 1.807) is 6.07 Å². The molecule has 0 aliphatic heterocycles. The number of carbonyl (C=O) groups excluding carboxylic acids is 2. The molecule has 10 N–H and O–H groups in total. The molecule has 0 fully saturated rings. The molecule has 0 spiro atoms. The summed E-state index contributed by atoms with van der Waals surface area (Å²) in [6.07, 6.45) is 0. The van der Waals surface area contributed by atoms with Crippen LogP contribution in [0.4, 0.5) is 0 Å². The second kappa shape index (κ2) is 14.9. The van der Waals surface area contributed by atoms with Gasteiger partial charge in [-0.25, -0.2) is 19.6 Å². The smallest absolute Gasteiger partial charge is 0.339 e. The van der Waals surface area contributed by atoms with E-state index >= 15 is 0 Å². The van der Waals surface area contributed by atoms with E-state index in [2.05, 4.69) is 20.6 Å². The highest BCUT2D eigenvalue weighted by Gasteiger charge is 2.18. The van der Waals surface area contributed by atoms with Crippen LogP contribution in [0.5, 0.6) is 34.5 Å². The molecule has 2 aromatic heterocycles. The molecule has 0 unspecified atom stereocenters. The highest BCUT2D eigenvalue weighted by molar-refractivity contribution is 6.02. The van der Waals surface area contributed by atoms with Crippen molar-refractivity contribution in [2.45, 2.75) is 13.1 Å². The van der Waals surface area contributed by atoms with Gasteiger partial charge in [-0.1, -0.05) is 42.5 Å². The number of fused-ring (bicyclic) bond motifs is 2. The third-order valence-electron chi connectivity index (χ3n) is 7.63. The van der Waals surface area contributed by atoms with Crippen molar-refractivity contribution < 1.29 is 60.0 Å². The lowest BCUT2D eigenvalue weighted by Crippen LogP contribution is -2.23. The number of aromatic carboxylic acids is 2. The number of para-hydroxylation sites is 1. The molecule has 16 heteroatoms. The number of carboxylic acid groups (broad SMARTS) is 2. The molecule has 0 bridgehead atoms. The van der Waals surface area contributed by atoms with Crippen LogP contribution in [-0.2, 0) is 13.1 Å². The van der Waals surface area contributed by atoms with Crippen molar-refractivity contribution in [3.8, 4) is 34.5 Å². The Hall–Kier alpha value is -7.62. The lowest BCUT2D eigenvalue weighted by Gasteiger charge is -2.09. The highest BCUT2D eigenvalue weighted by Crippen LogP contribution is 2.30. The largest absolute Gasteiger partial charge is 0.505 e. The Kier molecular flexibility index (Phi) is 10.2. The van der Waals surface area contributed by atoms with Gasteiger partial charge < -0.3 is 51.5 Å². The van der Waals surface area contributed by atoms with Crippen LogP contribution in [0.1, 0.15) is 52.8 Å². The number of phenolic OH excluding ortho intramolecular Hbond substituents is 4. The fourth-order valence-corrected chi connectivity index (χ4v) is 4.88. The topological polar surface area (TPSA) is 280 Å². The molecule has 0 aliphatic carbocycles. The molecular formula is C36H28N4O12. The van der Waals surface area contributed by atoms with Gasteiger partial charge in [0.15, 0.2) is 34.5 Å². The van der Waals surface area contributed by atoms with Gasteiger partial charge >= 0.3 is 11.9 Å². The van der Waals surface area contributed by atoms with Crippen LogP contribution in [0.3, 0.4) is 0 Å². The van der Waals surface area contributed by atoms with Gasteiger partial charge in [0.2, 0.25) is 0 Å². The lowest BCUT2D eigenvalue weighted by molar-refractivity contribution is 0.0682. The van der Waals surface area contributed by atoms with Crippen molar-refractivity contribution in [2.75, 3.05) is 0 Å². The van der Waals surface area contributed by atoms with Gasteiger partial charge in [-0.2, -0.15) is 0 Å². The first-order chi connectivity index (χ1) is 24.7. The van der Waals surface area contributed by atoms with Gasteiger partial charge in [0.05, 0.1) is 0 Å². The fraction of sp³-hybridized carbons (Fsp3) is 0.0556. The van der Waals surface area contributed by atoms with Crippen LogP contribution in [0.2, 0.25) is 0 Å². The normalized spacial score (nSPS) is 10.6. The molecule has 2 heterocycles. The van der Waals surface area contributed by atoms with Crippen LogP contribution < -0.4 is 10.6 Å². The molecule has 264 valence electrons. The standard InChI is InChI=1S/2C18H14N2O6/c21-13-6-1-9(7-14(13)22)8-19-17(24)12-5-3-10-2-4-11(18(25)26)16(23)15(10)20-12;21-13-3-1-2-10(15(13)22)8-19-17(24)12-7-5-9-4-6-11(18(25)26)16(23)14(9)20-12/h2*1-7,21-23H,8H2,(H,19,24)(H,25,26). The van der Waals surface area contributed by atoms with Crippen LogP contribution in [0.15, 0.2) is 84.9 Å². The summed E-state index contributed by atoms with van der Waals surface area (Å²) in [5, 5.41) is 82.2. The highest BCUT2D eigenvalue weighted by atomic mass is 16.4. The van der Waals surface area contributed by atoms with Crippen LogP contribution in [0, 0.1) is 0 Å². The Morgan fingerprint density at radius 3 is 1.52 bits per heavy atom. The molecule has 0 radical (unpaired) electrons. The number of pyridine rings is 2. The number of carbonyl (C=O) groups is 4. The predicted octanol–water partition coefficient (Wildman–Crippen LogP) is 3.96. The summed E-state index contributed by atoms with van der Waals surface area (Å²) in [5.74, 6) is -5.95. The number of hydrogen-bond donors (Lipinski definition) is 10. The van der Waals surface area contributed by atoms with E-state index in [0.717, 1.165) is 0 Å². The molecule has 2 amide bonds. The van der Waals surface area contributed by atoms with Gasteiger partial charge in [-0.05, 0) is 48.0 Å². The van der Waals surface area contributed by atoms with E-state index in [-0.39, 0.29) is 69.6 Å². The Morgan fingerprint density at radius 2 is 1.02 bits per heavy atom. The second-order valence-corrected chi connectivity index (χ2v) is 11.0. The molecule has 4 aromatic carbocycles. The minimum Gasteiger partial charge on any atom is -0.505 e. The zero-order valence-corrected chi connectivity index (χ0v) is 26.6. The number of hydrogen-bond acceptors (Lipinski definition) is 12. The number of benzene rings is 4. The van der Waals surface area contributed by atoms with Gasteiger partial charge in [0.25, 0.3) is 11.8 Å². The first-order valence-corrected chi connectivity index (χ1v) is 15.0. The average Bonchev–Trinajstić information content (AvgIpc) is 3.12. The SMILES string of the molecule is O=C(NCc1ccc(O)c(O)c1)c1ccc2ccc(C(=O)O)c(O)c2n1.O=C(NCc1cccc(O)c1O)c1ccc2ccc(C(=O)O)c(O)c2n1. The van der Waals surface area contributed by atoms with E-state index < -0.39 is 35.3 Å². The lowest BCUT2D eigenvalue weighted by atomic mass is 10.1. The van der Waals surface area contributed by atoms with Crippen molar-refractivity contribution in [1.82, 2.24) is 20.6 Å². The summed E-state index contributed by atoms with van der Waals surface area (Å²) in [4.78, 5) is 54.8. The predicted molar refractivity (Wildman–Crippen MR) is 183 cm³/mol. The maximum atomic E-state index is 12.3. The number of aromatic nitrogens is 2. The number of nitrogens with one attached hydrogen (secondary N) is 2. The summed E-state index contributed by atoms with van der Waals surface area (Å²) in [7, 11) is 0. The number of nitrogens with zero attached hydrogens (tertiary/aromatic N) is 2. The Bertz CT molecular complexity index is 2400. The number of amides is 2. The molecule has 16 nitrogen and oxygen atoms in total. The molecule has 0 saturated carbocycles. The molecule has 0 saturated heterocycles. The monoisotopic (exact) mass is 708 g/mol. The quantitative estimate of drug-likeness (QED) is 0.100. The van der Waals surface area contributed by atoms with E-state index in [4.69, 9.17) is 10.2 Å². The van der Waals surface area contributed by atoms with E-state index in [0.29, 0.717) is 21.9 Å². The van der Waals surface area contributed by atoms with E-state index in [1.807, 2.05) is 0 Å². The summed E-state index contributed by atoms with van der Waals surface area (Å²) >= 11 is 0. The maximum absolute atomic E-state index is 12.3. The van der Waals surface area contributed by atoms with Gasteiger partial charge in [-0.3, -0.25) is 9.59 Å². The molecule has 6 aromatic rings. The summed E-state index contributed by atoms with van der Waals surface area (Å²) in [5.41, 5.74) is 0.237. The summed E-state index contributed by atoms with van der Waals surface area (Å²) in [6, 6.07) is 20.0. The Labute approximate surface area is 292 Å². The van der Waals surface area contributed by atoms with Gasteiger partial charge in [0, 0.05) is 29.4 Å². The minimum atomic E-state index is -1.31. The van der Waals surface area contributed by atoms with Crippen molar-refractivity contribution in [2.24, 2.45) is 0 Å².